The number of likely N-dealkylation sites (N-methyl/N-ethyl adjacent to an activating group) is 1. The SMILES string of the molecule is C1=NCN=N1.CN(C)CC(=O)O.O=C(O)c1ccccc1-n1ncnn1.O=C(O)c1ccccc1I. The predicted octanol–water partition coefficient (Wildman–Crippen LogP) is 2.42. The molecule has 3 aromatic rings. The Balaban J connectivity index is 0.000000258. The Hall–Kier alpha value is -4.12. The van der Waals surface area contributed by atoms with Crippen molar-refractivity contribution in [1.29, 1.82) is 0 Å². The van der Waals surface area contributed by atoms with Crippen LogP contribution in [0.25, 0.3) is 5.69 Å². The van der Waals surface area contributed by atoms with Gasteiger partial charge in [-0.3, -0.25) is 9.69 Å². The Morgan fingerprint density at radius 3 is 1.94 bits per heavy atom. The van der Waals surface area contributed by atoms with Crippen LogP contribution in [0.15, 0.2) is 70.1 Å². The number of aliphatic imine (C=N–C) groups is 1. The second kappa shape index (κ2) is 16.5. The normalized spacial score (nSPS) is 10.8. The summed E-state index contributed by atoms with van der Waals surface area (Å²) in [5.74, 6) is -2.67. The van der Waals surface area contributed by atoms with Gasteiger partial charge in [-0.15, -0.1) is 20.1 Å². The number of hydrogen-bond acceptors (Lipinski definition) is 10. The fourth-order valence-electron chi connectivity index (χ4n) is 2.19. The van der Waals surface area contributed by atoms with Gasteiger partial charge in [0.2, 0.25) is 0 Å². The minimum Gasteiger partial charge on any atom is -0.480 e. The average molecular weight is 610 g/mol. The van der Waals surface area contributed by atoms with Gasteiger partial charge >= 0.3 is 17.9 Å². The van der Waals surface area contributed by atoms with Crippen LogP contribution in [0, 0.1) is 3.57 Å². The number of carbonyl (C=O) groups is 3. The molecule has 0 radical (unpaired) electrons. The summed E-state index contributed by atoms with van der Waals surface area (Å²) in [5.41, 5.74) is 0.908. The highest BCUT2D eigenvalue weighted by Crippen LogP contribution is 2.11. The lowest BCUT2D eigenvalue weighted by Gasteiger charge is -2.01. The molecule has 36 heavy (non-hydrogen) atoms. The topological polar surface area (TPSA) is 196 Å². The van der Waals surface area contributed by atoms with Crippen molar-refractivity contribution < 1.29 is 29.7 Å². The molecule has 15 heteroatoms. The van der Waals surface area contributed by atoms with Gasteiger partial charge in [-0.2, -0.15) is 5.11 Å². The fraction of sp³-hybridized carbons (Fsp3) is 0.190. The third-order valence-electron chi connectivity index (χ3n) is 3.61. The van der Waals surface area contributed by atoms with Crippen molar-refractivity contribution in [2.75, 3.05) is 27.3 Å². The molecule has 0 bridgehead atoms. The largest absolute Gasteiger partial charge is 0.480 e. The third kappa shape index (κ3) is 11.8. The zero-order valence-electron chi connectivity index (χ0n) is 19.2. The maximum Gasteiger partial charge on any atom is 0.337 e. The molecule has 190 valence electrons. The third-order valence-corrected chi connectivity index (χ3v) is 4.56. The number of rotatable bonds is 5. The van der Waals surface area contributed by atoms with Crippen LogP contribution < -0.4 is 0 Å². The highest BCUT2D eigenvalue weighted by atomic mass is 127. The van der Waals surface area contributed by atoms with Crippen molar-refractivity contribution in [1.82, 2.24) is 25.1 Å². The molecular weight excluding hydrogens is 587 g/mol. The van der Waals surface area contributed by atoms with Gasteiger partial charge in [-0.1, -0.05) is 24.3 Å². The van der Waals surface area contributed by atoms with Gasteiger partial charge in [-0.05, 0) is 66.2 Å². The zero-order chi connectivity index (χ0) is 26.9. The molecule has 0 saturated carbocycles. The first-order chi connectivity index (χ1) is 17.1. The Morgan fingerprint density at radius 2 is 1.58 bits per heavy atom. The van der Waals surface area contributed by atoms with Gasteiger partial charge in [0.15, 0.2) is 13.0 Å². The Bertz CT molecular complexity index is 1170. The summed E-state index contributed by atoms with van der Waals surface area (Å²) in [6.07, 6.45) is 2.69. The molecule has 4 rings (SSSR count). The molecule has 14 nitrogen and oxygen atoms in total. The predicted molar refractivity (Wildman–Crippen MR) is 137 cm³/mol. The number of aromatic carboxylic acids is 2. The van der Waals surface area contributed by atoms with Gasteiger partial charge in [0.05, 0.1) is 17.7 Å². The van der Waals surface area contributed by atoms with Crippen molar-refractivity contribution in [3.8, 4) is 5.69 Å². The fourth-order valence-corrected chi connectivity index (χ4v) is 2.81. The highest BCUT2D eigenvalue weighted by Gasteiger charge is 2.11. The van der Waals surface area contributed by atoms with Crippen molar-refractivity contribution >= 4 is 46.8 Å². The van der Waals surface area contributed by atoms with E-state index in [9.17, 15) is 14.4 Å². The van der Waals surface area contributed by atoms with Crippen molar-refractivity contribution in [2.24, 2.45) is 15.2 Å². The number of aromatic nitrogens is 4. The first-order valence-corrected chi connectivity index (χ1v) is 11.0. The second-order valence-electron chi connectivity index (χ2n) is 6.66. The number of hydrogen-bond donors (Lipinski definition) is 3. The van der Waals surface area contributed by atoms with Crippen molar-refractivity contribution in [3.63, 3.8) is 0 Å². The van der Waals surface area contributed by atoms with Gasteiger partial charge < -0.3 is 15.3 Å². The van der Waals surface area contributed by atoms with E-state index in [1.165, 1.54) is 23.5 Å². The van der Waals surface area contributed by atoms with E-state index in [1.807, 2.05) is 28.7 Å². The van der Waals surface area contributed by atoms with E-state index >= 15 is 0 Å². The van der Waals surface area contributed by atoms with E-state index in [2.05, 4.69) is 30.6 Å². The van der Waals surface area contributed by atoms with Crippen LogP contribution in [0.4, 0.5) is 0 Å². The van der Waals surface area contributed by atoms with Gasteiger partial charge in [0, 0.05) is 3.57 Å². The molecule has 0 amide bonds. The standard InChI is InChI=1S/C8H6N4O2.C7H5IO2.C4H9NO2.C2H3N3/c13-8(14)6-3-1-2-4-7(6)12-10-5-9-11-12;8-6-4-2-1-3-5(6)7(9)10;1-5(2)3-4(6)7;1-3-2-5-4-1/h1-5H,(H,13,14);1-4H,(H,9,10);3H2,1-2H3,(H,6,7);1H,2H2. The molecule has 0 spiro atoms. The molecule has 0 unspecified atom stereocenters. The number of azo groups is 1. The van der Waals surface area contributed by atoms with E-state index < -0.39 is 17.9 Å². The van der Waals surface area contributed by atoms with Crippen LogP contribution in [0.2, 0.25) is 0 Å². The summed E-state index contributed by atoms with van der Waals surface area (Å²) in [6.45, 7) is 0.639. The quantitative estimate of drug-likeness (QED) is 0.361. The van der Waals surface area contributed by atoms with E-state index in [4.69, 9.17) is 15.3 Å². The maximum absolute atomic E-state index is 10.8. The zero-order valence-corrected chi connectivity index (χ0v) is 21.4. The Morgan fingerprint density at radius 1 is 0.972 bits per heavy atom. The van der Waals surface area contributed by atoms with Crippen LogP contribution in [0.3, 0.4) is 0 Å². The number of carboxylic acids is 3. The van der Waals surface area contributed by atoms with Crippen LogP contribution in [-0.2, 0) is 4.79 Å². The van der Waals surface area contributed by atoms with E-state index in [-0.39, 0.29) is 12.1 Å². The minimum absolute atomic E-state index is 0.111. The number of tetrazole rings is 1. The van der Waals surface area contributed by atoms with Crippen molar-refractivity contribution in [2.45, 2.75) is 0 Å². The summed E-state index contributed by atoms with van der Waals surface area (Å²) < 4.78 is 0.771. The smallest absolute Gasteiger partial charge is 0.337 e. The second-order valence-corrected chi connectivity index (χ2v) is 7.82. The van der Waals surface area contributed by atoms with E-state index in [0.29, 0.717) is 17.9 Å². The maximum atomic E-state index is 10.8. The Kier molecular flexibility index (Phi) is 13.7. The summed E-state index contributed by atoms with van der Waals surface area (Å²) in [6, 6.07) is 13.3. The van der Waals surface area contributed by atoms with Gasteiger partial charge in [0.1, 0.15) is 12.0 Å². The highest BCUT2D eigenvalue weighted by molar-refractivity contribution is 14.1. The van der Waals surface area contributed by atoms with Crippen LogP contribution in [0.1, 0.15) is 20.7 Å². The lowest BCUT2D eigenvalue weighted by atomic mass is 10.2. The molecule has 1 aromatic heterocycles. The van der Waals surface area contributed by atoms with Gasteiger partial charge in [0.25, 0.3) is 0 Å². The first kappa shape index (κ1) is 29.9. The molecular formula is C21H23IN8O6. The number of carboxylic acid groups (broad SMARTS) is 3. The summed E-state index contributed by atoms with van der Waals surface area (Å²) in [5, 5.41) is 43.3. The number of nitrogens with zero attached hydrogens (tertiary/aromatic N) is 8. The monoisotopic (exact) mass is 610 g/mol. The molecule has 1 aliphatic rings. The first-order valence-electron chi connectivity index (χ1n) is 9.88. The van der Waals surface area contributed by atoms with E-state index in [1.54, 1.807) is 55.4 Å². The molecule has 0 saturated heterocycles. The van der Waals surface area contributed by atoms with Gasteiger partial charge in [-0.25, -0.2) is 14.6 Å². The van der Waals surface area contributed by atoms with Crippen LogP contribution in [0.5, 0.6) is 0 Å². The minimum atomic E-state index is -1.02. The Labute approximate surface area is 219 Å². The molecule has 0 aliphatic carbocycles. The summed E-state index contributed by atoms with van der Waals surface area (Å²) in [7, 11) is 3.43. The molecule has 1 aliphatic heterocycles. The molecule has 0 atom stereocenters. The number of para-hydroxylation sites is 1. The number of aliphatic carboxylic acids is 1. The summed E-state index contributed by atoms with van der Waals surface area (Å²) in [4.78, 5) is 37.4. The molecule has 3 N–H and O–H groups in total. The molecule has 2 heterocycles. The lowest BCUT2D eigenvalue weighted by Crippen LogP contribution is -2.20. The van der Waals surface area contributed by atoms with Crippen LogP contribution in [-0.4, -0.2) is 92.0 Å². The lowest BCUT2D eigenvalue weighted by molar-refractivity contribution is -0.137. The molecule has 2 aromatic carbocycles. The average Bonchev–Trinajstić information content (AvgIpc) is 3.56. The number of benzene rings is 2. The molecule has 0 fully saturated rings. The van der Waals surface area contributed by atoms with Crippen LogP contribution >= 0.6 is 22.6 Å². The van der Waals surface area contributed by atoms with Crippen molar-refractivity contribution in [3.05, 3.63) is 69.6 Å². The number of halogens is 1. The van der Waals surface area contributed by atoms with E-state index in [0.717, 1.165) is 3.57 Å². The summed E-state index contributed by atoms with van der Waals surface area (Å²) >= 11 is 1.99.